The van der Waals surface area contributed by atoms with E-state index in [-0.39, 0.29) is 18.4 Å². The van der Waals surface area contributed by atoms with Crippen LogP contribution in [0.3, 0.4) is 0 Å². The van der Waals surface area contributed by atoms with Gasteiger partial charge in [0.25, 0.3) is 0 Å². The van der Waals surface area contributed by atoms with Crippen LogP contribution in [0.25, 0.3) is 0 Å². The van der Waals surface area contributed by atoms with Gasteiger partial charge in [-0.15, -0.1) is 0 Å². The first-order valence-electron chi connectivity index (χ1n) is 4.40. The van der Waals surface area contributed by atoms with Crippen LogP contribution < -0.4 is 5.73 Å². The molecule has 1 rings (SSSR count). The summed E-state index contributed by atoms with van der Waals surface area (Å²) < 4.78 is 25.8. The third-order valence-electron chi connectivity index (χ3n) is 1.93. The monoisotopic (exact) mass is 215 g/mol. The lowest BCUT2D eigenvalue weighted by Crippen LogP contribution is -2.26. The third kappa shape index (κ3) is 3.63. The van der Waals surface area contributed by atoms with Crippen molar-refractivity contribution in [3.63, 3.8) is 0 Å². The molecular formula is C10H11F2NO2. The van der Waals surface area contributed by atoms with E-state index in [2.05, 4.69) is 0 Å². The average Bonchev–Trinajstić information content (AvgIpc) is 2.10. The van der Waals surface area contributed by atoms with E-state index in [0.717, 1.165) is 18.2 Å². The second kappa shape index (κ2) is 4.84. The summed E-state index contributed by atoms with van der Waals surface area (Å²) in [5.74, 6) is -2.19. The molecule has 0 saturated carbocycles. The van der Waals surface area contributed by atoms with Crippen LogP contribution in [0.15, 0.2) is 18.2 Å². The Bertz CT molecular complexity index is 368. The van der Waals surface area contributed by atoms with Gasteiger partial charge in [0.1, 0.15) is 11.6 Å². The van der Waals surface area contributed by atoms with Gasteiger partial charge in [-0.25, -0.2) is 8.78 Å². The van der Waals surface area contributed by atoms with Crippen molar-refractivity contribution in [2.75, 3.05) is 0 Å². The Kier molecular flexibility index (Phi) is 3.74. The minimum atomic E-state index is -1.06. The number of hydrogen-bond acceptors (Lipinski definition) is 2. The molecule has 0 aliphatic rings. The van der Waals surface area contributed by atoms with Gasteiger partial charge in [-0.2, -0.15) is 0 Å². The Morgan fingerprint density at radius 2 is 2.13 bits per heavy atom. The summed E-state index contributed by atoms with van der Waals surface area (Å²) in [6, 6.07) is 2.32. The molecule has 0 aliphatic carbocycles. The predicted octanol–water partition coefficient (Wildman–Crippen LogP) is 1.31. The molecule has 1 atom stereocenters. The normalized spacial score (nSPS) is 12.5. The molecule has 0 aliphatic heterocycles. The van der Waals surface area contributed by atoms with Gasteiger partial charge >= 0.3 is 5.97 Å². The zero-order valence-corrected chi connectivity index (χ0v) is 7.91. The lowest BCUT2D eigenvalue weighted by atomic mass is 10.0. The molecule has 5 heteroatoms. The Morgan fingerprint density at radius 1 is 1.47 bits per heavy atom. The first-order valence-corrected chi connectivity index (χ1v) is 4.40. The Morgan fingerprint density at radius 3 is 2.73 bits per heavy atom. The number of aliphatic carboxylic acids is 1. The highest BCUT2D eigenvalue weighted by atomic mass is 19.1. The van der Waals surface area contributed by atoms with Crippen LogP contribution in [0.4, 0.5) is 8.78 Å². The van der Waals surface area contributed by atoms with E-state index in [1.165, 1.54) is 0 Å². The highest BCUT2D eigenvalue weighted by Gasteiger charge is 2.12. The van der Waals surface area contributed by atoms with E-state index in [1.54, 1.807) is 0 Å². The van der Waals surface area contributed by atoms with E-state index >= 15 is 0 Å². The van der Waals surface area contributed by atoms with E-state index in [9.17, 15) is 13.6 Å². The van der Waals surface area contributed by atoms with Gasteiger partial charge in [-0.1, -0.05) is 0 Å². The quantitative estimate of drug-likeness (QED) is 0.795. The average molecular weight is 215 g/mol. The van der Waals surface area contributed by atoms with Gasteiger partial charge in [0, 0.05) is 6.04 Å². The predicted molar refractivity (Wildman–Crippen MR) is 50.3 cm³/mol. The smallest absolute Gasteiger partial charge is 0.304 e. The van der Waals surface area contributed by atoms with Crippen LogP contribution in [0.5, 0.6) is 0 Å². The van der Waals surface area contributed by atoms with E-state index in [0.29, 0.717) is 0 Å². The summed E-state index contributed by atoms with van der Waals surface area (Å²) in [5.41, 5.74) is 5.56. The summed E-state index contributed by atoms with van der Waals surface area (Å²) in [6.07, 6.45) is -0.258. The number of nitrogens with two attached hydrogens (primary N) is 1. The maximum atomic E-state index is 13.1. The van der Waals surface area contributed by atoms with E-state index in [4.69, 9.17) is 10.8 Å². The molecule has 0 heterocycles. The molecule has 0 spiro atoms. The highest BCUT2D eigenvalue weighted by molar-refractivity contribution is 5.67. The molecule has 0 unspecified atom stereocenters. The molecule has 3 nitrogen and oxygen atoms in total. The fourth-order valence-corrected chi connectivity index (χ4v) is 1.28. The van der Waals surface area contributed by atoms with Gasteiger partial charge in [-0.3, -0.25) is 4.79 Å². The molecule has 1 aromatic rings. The summed E-state index contributed by atoms with van der Waals surface area (Å²) in [7, 11) is 0. The second-order valence-corrected chi connectivity index (χ2v) is 3.30. The minimum absolute atomic E-state index is 0.00981. The van der Waals surface area contributed by atoms with Crippen LogP contribution >= 0.6 is 0 Å². The van der Waals surface area contributed by atoms with Gasteiger partial charge in [0.2, 0.25) is 0 Å². The standard InChI is InChI=1S/C10H11F2NO2/c11-7-1-2-9(12)6(3-7)4-8(13)5-10(14)15/h1-3,8H,4-5,13H2,(H,14,15)/t8-/m0/s1. The van der Waals surface area contributed by atoms with E-state index in [1.807, 2.05) is 0 Å². The number of rotatable bonds is 4. The van der Waals surface area contributed by atoms with Crippen LogP contribution in [0, 0.1) is 11.6 Å². The van der Waals surface area contributed by atoms with Gasteiger partial charge < -0.3 is 10.8 Å². The fourth-order valence-electron chi connectivity index (χ4n) is 1.28. The van der Waals surface area contributed by atoms with E-state index < -0.39 is 23.6 Å². The van der Waals surface area contributed by atoms with Crippen LogP contribution in [-0.2, 0) is 11.2 Å². The maximum Gasteiger partial charge on any atom is 0.304 e. The van der Waals surface area contributed by atoms with Crippen molar-refractivity contribution >= 4 is 5.97 Å². The Labute approximate surface area is 85.5 Å². The molecular weight excluding hydrogens is 204 g/mol. The summed E-state index contributed by atoms with van der Waals surface area (Å²) in [4.78, 5) is 10.3. The molecule has 3 N–H and O–H groups in total. The van der Waals surface area contributed by atoms with Crippen molar-refractivity contribution in [1.29, 1.82) is 0 Å². The van der Waals surface area contributed by atoms with Crippen LogP contribution in [0.2, 0.25) is 0 Å². The molecule has 0 saturated heterocycles. The number of halogens is 2. The lowest BCUT2D eigenvalue weighted by molar-refractivity contribution is -0.137. The Balaban J connectivity index is 2.71. The molecule has 15 heavy (non-hydrogen) atoms. The fraction of sp³-hybridized carbons (Fsp3) is 0.300. The van der Waals surface area contributed by atoms with Crippen LogP contribution in [0.1, 0.15) is 12.0 Å². The zero-order chi connectivity index (χ0) is 11.4. The number of benzene rings is 1. The van der Waals surface area contributed by atoms with Gasteiger partial charge in [-0.05, 0) is 30.2 Å². The first kappa shape index (κ1) is 11.6. The maximum absolute atomic E-state index is 13.1. The van der Waals surface area contributed by atoms with Crippen molar-refractivity contribution in [3.8, 4) is 0 Å². The first-order chi connectivity index (χ1) is 6.99. The molecule has 0 aromatic heterocycles. The highest BCUT2D eigenvalue weighted by Crippen LogP contribution is 2.12. The third-order valence-corrected chi connectivity index (χ3v) is 1.93. The lowest BCUT2D eigenvalue weighted by Gasteiger charge is -2.09. The summed E-state index contributed by atoms with van der Waals surface area (Å²) >= 11 is 0. The van der Waals surface area contributed by atoms with Crippen molar-refractivity contribution in [2.45, 2.75) is 18.9 Å². The van der Waals surface area contributed by atoms with Crippen molar-refractivity contribution in [2.24, 2.45) is 5.73 Å². The van der Waals surface area contributed by atoms with Crippen molar-refractivity contribution < 1.29 is 18.7 Å². The topological polar surface area (TPSA) is 63.3 Å². The van der Waals surface area contributed by atoms with Crippen molar-refractivity contribution in [1.82, 2.24) is 0 Å². The SMILES string of the molecule is N[C@H](CC(=O)O)Cc1cc(F)ccc1F. The number of hydrogen-bond donors (Lipinski definition) is 2. The molecule has 1 aromatic carbocycles. The molecule has 0 fully saturated rings. The molecule has 0 radical (unpaired) electrons. The second-order valence-electron chi connectivity index (χ2n) is 3.30. The number of carboxylic acid groups (broad SMARTS) is 1. The Hall–Kier alpha value is -1.49. The summed E-state index contributed by atoms with van der Waals surface area (Å²) in [6.45, 7) is 0. The number of carboxylic acids is 1. The van der Waals surface area contributed by atoms with Gasteiger partial charge in [0.05, 0.1) is 6.42 Å². The molecule has 0 bridgehead atoms. The zero-order valence-electron chi connectivity index (χ0n) is 7.91. The summed E-state index contributed by atoms with van der Waals surface area (Å²) in [5, 5.41) is 8.44. The minimum Gasteiger partial charge on any atom is -0.481 e. The van der Waals surface area contributed by atoms with Gasteiger partial charge in [0.15, 0.2) is 0 Å². The van der Waals surface area contributed by atoms with Crippen LogP contribution in [-0.4, -0.2) is 17.1 Å². The largest absolute Gasteiger partial charge is 0.481 e. The van der Waals surface area contributed by atoms with Crippen molar-refractivity contribution in [3.05, 3.63) is 35.4 Å². The number of carbonyl (C=O) groups is 1. The molecule has 82 valence electrons. The molecule has 0 amide bonds.